The van der Waals surface area contributed by atoms with E-state index in [1.165, 1.54) is 141 Å². The van der Waals surface area contributed by atoms with E-state index in [4.69, 9.17) is 37.0 Å². The molecular formula is C71H138O17P2. The third-order valence-electron chi connectivity index (χ3n) is 16.3. The molecule has 0 heterocycles. The van der Waals surface area contributed by atoms with E-state index >= 15 is 0 Å². The molecule has 5 atom stereocenters. The highest BCUT2D eigenvalue weighted by Gasteiger charge is 2.30. The summed E-state index contributed by atoms with van der Waals surface area (Å²) in [6.45, 7) is 14.0. The van der Waals surface area contributed by atoms with Gasteiger partial charge in [-0.05, 0) is 49.4 Å². The molecule has 0 saturated heterocycles. The van der Waals surface area contributed by atoms with Gasteiger partial charge in [-0.3, -0.25) is 37.3 Å². The topological polar surface area (TPSA) is 237 Å². The molecule has 0 rings (SSSR count). The number of ether oxygens (including phenoxy) is 4. The van der Waals surface area contributed by atoms with E-state index in [9.17, 15) is 43.2 Å². The first-order chi connectivity index (χ1) is 43.1. The highest BCUT2D eigenvalue weighted by Crippen LogP contribution is 2.45. The van der Waals surface area contributed by atoms with Crippen molar-refractivity contribution in [2.45, 2.75) is 369 Å². The van der Waals surface area contributed by atoms with Gasteiger partial charge in [0.25, 0.3) is 0 Å². The lowest BCUT2D eigenvalue weighted by atomic mass is 10.0. The van der Waals surface area contributed by atoms with Gasteiger partial charge in [0, 0.05) is 25.7 Å². The molecule has 0 aromatic rings. The fourth-order valence-electron chi connectivity index (χ4n) is 10.7. The van der Waals surface area contributed by atoms with E-state index in [1.807, 2.05) is 0 Å². The van der Waals surface area contributed by atoms with Crippen LogP contribution in [0.1, 0.15) is 351 Å². The number of aliphatic hydroxyl groups excluding tert-OH is 1. The number of carbonyl (C=O) groups excluding carboxylic acids is 4. The van der Waals surface area contributed by atoms with Crippen molar-refractivity contribution in [2.24, 2.45) is 23.7 Å². The molecule has 0 radical (unpaired) electrons. The zero-order valence-corrected chi connectivity index (χ0v) is 60.6. The Morgan fingerprint density at radius 1 is 0.278 bits per heavy atom. The highest BCUT2D eigenvalue weighted by molar-refractivity contribution is 7.47. The van der Waals surface area contributed by atoms with Crippen molar-refractivity contribution < 1.29 is 80.2 Å². The fourth-order valence-corrected chi connectivity index (χ4v) is 12.2. The van der Waals surface area contributed by atoms with Gasteiger partial charge in [-0.1, -0.05) is 299 Å². The second-order valence-electron chi connectivity index (χ2n) is 27.5. The van der Waals surface area contributed by atoms with Crippen LogP contribution in [-0.2, 0) is 65.4 Å². The SMILES string of the molecule is CC(C)CCCCCCCCCCCCCCCCCCC(=O)O[C@H](COC(=O)CCCCCCCCCC(C)C)COP(=O)(O)OCC(O)COP(=O)(O)OC[C@@H](COC(=O)CCCCCCCCCC(C)C)OC(=O)CCCCCCCCCCC(C)C. The monoisotopic (exact) mass is 1320 g/mol. The molecule has 17 nitrogen and oxygen atoms in total. The number of aliphatic hydroxyl groups is 1. The number of esters is 4. The first-order valence-corrected chi connectivity index (χ1v) is 39.7. The molecule has 3 N–H and O–H groups in total. The van der Waals surface area contributed by atoms with Crippen LogP contribution in [0.4, 0.5) is 0 Å². The van der Waals surface area contributed by atoms with Gasteiger partial charge in [0.1, 0.15) is 19.3 Å². The van der Waals surface area contributed by atoms with Crippen LogP contribution in [0.2, 0.25) is 0 Å². The predicted molar refractivity (Wildman–Crippen MR) is 363 cm³/mol. The molecule has 90 heavy (non-hydrogen) atoms. The van der Waals surface area contributed by atoms with Crippen molar-refractivity contribution in [3.8, 4) is 0 Å². The first kappa shape index (κ1) is 88.1. The third kappa shape index (κ3) is 64.8. The van der Waals surface area contributed by atoms with Crippen molar-refractivity contribution in [1.29, 1.82) is 0 Å². The Bertz CT molecular complexity index is 1780. The number of hydrogen-bond donors (Lipinski definition) is 3. The lowest BCUT2D eigenvalue weighted by Gasteiger charge is -2.21. The van der Waals surface area contributed by atoms with Gasteiger partial charge in [0.2, 0.25) is 0 Å². The summed E-state index contributed by atoms with van der Waals surface area (Å²) in [6, 6.07) is 0. The van der Waals surface area contributed by atoms with Crippen LogP contribution in [0.3, 0.4) is 0 Å². The van der Waals surface area contributed by atoms with E-state index < -0.39 is 97.5 Å². The number of unbranched alkanes of at least 4 members (excludes halogenated alkanes) is 34. The van der Waals surface area contributed by atoms with Gasteiger partial charge >= 0.3 is 39.5 Å². The number of carbonyl (C=O) groups is 4. The number of hydrogen-bond acceptors (Lipinski definition) is 15. The number of phosphoric ester groups is 2. The Morgan fingerprint density at radius 3 is 0.689 bits per heavy atom. The Kier molecular flexibility index (Phi) is 59.4. The molecule has 0 aromatic heterocycles. The minimum atomic E-state index is -4.95. The zero-order chi connectivity index (χ0) is 66.8. The Hall–Kier alpha value is -1.94. The number of rotatable bonds is 68. The van der Waals surface area contributed by atoms with Crippen LogP contribution in [0, 0.1) is 23.7 Å². The standard InChI is InChI=1S/C71H138O17P2/c1-61(2)47-39-31-23-17-15-13-11-9-10-12-14-16-18-27-37-45-53-70(75)87-66(57-81-68(73)51-43-35-29-21-25-33-41-49-63(5)6)59-85-89(77,78)83-55-65(72)56-84-90(79,80)86-60-67(58-82-69(74)52-44-36-30-22-26-34-42-50-64(7)8)88-71(76)54-46-38-28-20-19-24-32-40-48-62(3)4/h61-67,72H,9-60H2,1-8H3,(H,77,78)(H,79,80)/t65?,66-,67-/m1/s1. The maximum atomic E-state index is 13.0. The zero-order valence-electron chi connectivity index (χ0n) is 58.8. The second-order valence-corrected chi connectivity index (χ2v) is 30.4. The van der Waals surface area contributed by atoms with Crippen molar-refractivity contribution in [2.75, 3.05) is 39.6 Å². The summed E-state index contributed by atoms with van der Waals surface area (Å²) in [5.41, 5.74) is 0. The molecule has 0 fully saturated rings. The highest BCUT2D eigenvalue weighted by atomic mass is 31.2. The molecule has 0 aliphatic rings. The molecule has 3 unspecified atom stereocenters. The van der Waals surface area contributed by atoms with Crippen LogP contribution >= 0.6 is 15.6 Å². The van der Waals surface area contributed by atoms with Crippen LogP contribution in [-0.4, -0.2) is 96.7 Å². The second kappa shape index (κ2) is 60.7. The lowest BCUT2D eigenvalue weighted by Crippen LogP contribution is -2.30. The molecule has 0 saturated carbocycles. The van der Waals surface area contributed by atoms with Gasteiger partial charge < -0.3 is 33.8 Å². The molecule has 0 aliphatic heterocycles. The molecule has 19 heteroatoms. The van der Waals surface area contributed by atoms with Crippen LogP contribution in [0.15, 0.2) is 0 Å². The van der Waals surface area contributed by atoms with E-state index in [0.29, 0.717) is 37.5 Å². The van der Waals surface area contributed by atoms with Gasteiger partial charge in [-0.15, -0.1) is 0 Å². The first-order valence-electron chi connectivity index (χ1n) is 36.7. The van der Waals surface area contributed by atoms with E-state index in [0.717, 1.165) is 115 Å². The molecule has 0 aromatic carbocycles. The average molecular weight is 1330 g/mol. The average Bonchev–Trinajstić information content (AvgIpc) is 3.16. The van der Waals surface area contributed by atoms with E-state index in [1.54, 1.807) is 0 Å². The summed E-state index contributed by atoms with van der Waals surface area (Å²) >= 11 is 0. The summed E-state index contributed by atoms with van der Waals surface area (Å²) < 4.78 is 68.2. The van der Waals surface area contributed by atoms with Crippen molar-refractivity contribution in [3.63, 3.8) is 0 Å². The maximum Gasteiger partial charge on any atom is 0.472 e. The summed E-state index contributed by atoms with van der Waals surface area (Å²) in [4.78, 5) is 72.5. The molecule has 0 spiro atoms. The van der Waals surface area contributed by atoms with Gasteiger partial charge in [0.15, 0.2) is 12.2 Å². The van der Waals surface area contributed by atoms with Gasteiger partial charge in [0.05, 0.1) is 26.4 Å². The summed E-state index contributed by atoms with van der Waals surface area (Å²) in [7, 11) is -9.90. The van der Waals surface area contributed by atoms with E-state index in [2.05, 4.69) is 55.4 Å². The summed E-state index contributed by atoms with van der Waals surface area (Å²) in [5.74, 6) is 0.806. The Morgan fingerprint density at radius 2 is 0.467 bits per heavy atom. The maximum absolute atomic E-state index is 13.0. The Balaban J connectivity index is 5.20. The van der Waals surface area contributed by atoms with Crippen LogP contribution in [0.25, 0.3) is 0 Å². The van der Waals surface area contributed by atoms with E-state index in [-0.39, 0.29) is 25.7 Å². The quantitative estimate of drug-likeness (QED) is 0.0222. The van der Waals surface area contributed by atoms with Gasteiger partial charge in [-0.25, -0.2) is 9.13 Å². The minimum absolute atomic E-state index is 0.103. The fraction of sp³-hybridized carbons (Fsp3) is 0.944. The molecule has 0 bridgehead atoms. The molecular weight excluding hydrogens is 1190 g/mol. The predicted octanol–water partition coefficient (Wildman–Crippen LogP) is 20.1. The number of phosphoric acid groups is 2. The normalized spacial score (nSPS) is 14.3. The van der Waals surface area contributed by atoms with Crippen molar-refractivity contribution in [3.05, 3.63) is 0 Å². The largest absolute Gasteiger partial charge is 0.472 e. The van der Waals surface area contributed by atoms with Crippen molar-refractivity contribution >= 4 is 39.5 Å². The molecule has 534 valence electrons. The van der Waals surface area contributed by atoms with Crippen LogP contribution < -0.4 is 0 Å². The summed E-state index contributed by atoms with van der Waals surface area (Å²) in [5, 5.41) is 10.6. The van der Waals surface area contributed by atoms with Gasteiger partial charge in [-0.2, -0.15) is 0 Å². The van der Waals surface area contributed by atoms with Crippen LogP contribution in [0.5, 0.6) is 0 Å². The molecule has 0 amide bonds. The smallest absolute Gasteiger partial charge is 0.462 e. The lowest BCUT2D eigenvalue weighted by molar-refractivity contribution is -0.161. The Labute approximate surface area is 549 Å². The summed E-state index contributed by atoms with van der Waals surface area (Å²) in [6.07, 6.45) is 43.4. The van der Waals surface area contributed by atoms with Crippen molar-refractivity contribution in [1.82, 2.24) is 0 Å². The molecule has 0 aliphatic carbocycles. The third-order valence-corrected chi connectivity index (χ3v) is 18.2. The minimum Gasteiger partial charge on any atom is -0.462 e.